The average Bonchev–Trinajstić information content (AvgIpc) is 2.84. The maximum Gasteiger partial charge on any atom is 0.274 e. The molecule has 2 aromatic heterocycles. The third-order valence-corrected chi connectivity index (χ3v) is 6.01. The van der Waals surface area contributed by atoms with Gasteiger partial charge in [-0.25, -0.2) is 9.97 Å². The van der Waals surface area contributed by atoms with Crippen LogP contribution >= 0.6 is 0 Å². The largest absolute Gasteiger partial charge is 0.383 e. The Kier molecular flexibility index (Phi) is 7.40. The fraction of sp³-hybridized carbons (Fsp3) is 0.545. The first-order chi connectivity index (χ1) is 15.7. The second-order valence-electron chi connectivity index (χ2n) is 8.40. The molecule has 0 spiro atoms. The van der Waals surface area contributed by atoms with Crippen LogP contribution in [0.15, 0.2) is 18.5 Å². The zero-order valence-electron chi connectivity index (χ0n) is 18.1. The summed E-state index contributed by atoms with van der Waals surface area (Å²) in [7, 11) is 0. The fourth-order valence-corrected chi connectivity index (χ4v) is 4.18. The molecular weight excluding hydrogens is 406 g/mol. The second kappa shape index (κ2) is 10.8. The minimum absolute atomic E-state index is 0.193. The van der Waals surface area contributed by atoms with Gasteiger partial charge in [-0.2, -0.15) is 5.26 Å². The zero-order valence-corrected chi connectivity index (χ0v) is 18.1. The molecule has 1 aliphatic carbocycles. The number of nitriles is 1. The Labute approximate surface area is 187 Å². The molecule has 0 bridgehead atoms. The summed E-state index contributed by atoms with van der Waals surface area (Å²) >= 11 is 0. The molecule has 4 rings (SSSR count). The lowest BCUT2D eigenvalue weighted by molar-refractivity contribution is 0.0922. The highest BCUT2D eigenvalue weighted by Crippen LogP contribution is 2.22. The molecule has 1 saturated heterocycles. The molecule has 1 aliphatic heterocycles. The summed E-state index contributed by atoms with van der Waals surface area (Å²) < 4.78 is 0. The van der Waals surface area contributed by atoms with Crippen LogP contribution in [-0.2, 0) is 0 Å². The summed E-state index contributed by atoms with van der Waals surface area (Å²) in [5, 5.41) is 30.3. The first kappa shape index (κ1) is 21.9. The third kappa shape index (κ3) is 5.88. The molecule has 0 aromatic carbocycles. The van der Waals surface area contributed by atoms with Crippen LogP contribution in [0.3, 0.4) is 0 Å². The number of anilines is 3. The number of aromatic nitrogens is 4. The number of carbonyl (C=O) groups is 1. The standard InChI is InChI=1S/C22H29N9O/c23-11-17-13-27-20(14-25-17)29-19-10-18(26-12-15-6-8-24-9-7-15)21(31-30-19)22(32)28-16-4-2-1-3-5-16/h10,13-16,24H,1-9,12H2,(H,28,32)(H2,26,27,29,30). The Morgan fingerprint density at radius 2 is 1.88 bits per heavy atom. The van der Waals surface area contributed by atoms with Crippen LogP contribution in [0.2, 0.25) is 0 Å². The van der Waals surface area contributed by atoms with Crippen molar-refractivity contribution in [3.8, 4) is 6.07 Å². The highest BCUT2D eigenvalue weighted by atomic mass is 16.2. The summed E-state index contributed by atoms with van der Waals surface area (Å²) in [6, 6.07) is 3.92. The number of hydrogen-bond donors (Lipinski definition) is 4. The smallest absolute Gasteiger partial charge is 0.274 e. The summed E-state index contributed by atoms with van der Waals surface area (Å²) in [6.07, 6.45) is 10.6. The quantitative estimate of drug-likeness (QED) is 0.516. The van der Waals surface area contributed by atoms with Crippen LogP contribution in [-0.4, -0.2) is 51.7 Å². The lowest BCUT2D eigenvalue weighted by atomic mass is 9.95. The van der Waals surface area contributed by atoms with E-state index < -0.39 is 0 Å². The first-order valence-electron chi connectivity index (χ1n) is 11.3. The van der Waals surface area contributed by atoms with Gasteiger partial charge in [0.2, 0.25) is 0 Å². The van der Waals surface area contributed by atoms with E-state index in [-0.39, 0.29) is 17.6 Å². The van der Waals surface area contributed by atoms with Gasteiger partial charge in [-0.15, -0.1) is 10.2 Å². The van der Waals surface area contributed by atoms with Crippen molar-refractivity contribution in [2.45, 2.75) is 51.0 Å². The number of nitrogens with zero attached hydrogens (tertiary/aromatic N) is 5. The van der Waals surface area contributed by atoms with Crippen LogP contribution in [0, 0.1) is 17.2 Å². The minimum Gasteiger partial charge on any atom is -0.383 e. The normalized spacial score (nSPS) is 17.3. The van der Waals surface area contributed by atoms with Crippen molar-refractivity contribution in [1.82, 2.24) is 30.8 Å². The highest BCUT2D eigenvalue weighted by molar-refractivity contribution is 5.98. The van der Waals surface area contributed by atoms with E-state index in [0.717, 1.165) is 58.2 Å². The average molecular weight is 436 g/mol. The van der Waals surface area contributed by atoms with Crippen LogP contribution in [0.1, 0.15) is 61.1 Å². The van der Waals surface area contributed by atoms with Crippen molar-refractivity contribution in [2.75, 3.05) is 30.3 Å². The summed E-state index contributed by atoms with van der Waals surface area (Å²) in [5.41, 5.74) is 1.19. The number of amides is 1. The van der Waals surface area contributed by atoms with Gasteiger partial charge in [-0.1, -0.05) is 19.3 Å². The lowest BCUT2D eigenvalue weighted by Crippen LogP contribution is -2.37. The van der Waals surface area contributed by atoms with Crippen LogP contribution in [0.5, 0.6) is 0 Å². The molecule has 0 atom stereocenters. The molecule has 0 unspecified atom stereocenters. The van der Waals surface area contributed by atoms with Crippen molar-refractivity contribution in [3.63, 3.8) is 0 Å². The molecule has 168 valence electrons. The van der Waals surface area contributed by atoms with E-state index in [2.05, 4.69) is 41.4 Å². The second-order valence-corrected chi connectivity index (χ2v) is 8.40. The van der Waals surface area contributed by atoms with Crippen molar-refractivity contribution in [2.24, 2.45) is 5.92 Å². The van der Waals surface area contributed by atoms with Crippen LogP contribution in [0.25, 0.3) is 0 Å². The predicted molar refractivity (Wildman–Crippen MR) is 120 cm³/mol. The summed E-state index contributed by atoms with van der Waals surface area (Å²) in [6.45, 7) is 2.80. The molecule has 10 heteroatoms. The van der Waals surface area contributed by atoms with E-state index in [1.807, 2.05) is 6.07 Å². The molecule has 4 N–H and O–H groups in total. The van der Waals surface area contributed by atoms with E-state index in [0.29, 0.717) is 28.9 Å². The molecule has 1 saturated carbocycles. The Morgan fingerprint density at radius 3 is 2.59 bits per heavy atom. The van der Waals surface area contributed by atoms with Gasteiger partial charge < -0.3 is 21.3 Å². The Bertz CT molecular complexity index is 945. The summed E-state index contributed by atoms with van der Waals surface area (Å²) in [4.78, 5) is 21.2. The molecule has 1 amide bonds. The van der Waals surface area contributed by atoms with Crippen molar-refractivity contribution in [1.29, 1.82) is 5.26 Å². The molecule has 0 radical (unpaired) electrons. The van der Waals surface area contributed by atoms with E-state index in [4.69, 9.17) is 5.26 Å². The van der Waals surface area contributed by atoms with E-state index in [9.17, 15) is 4.79 Å². The SMILES string of the molecule is N#Cc1cnc(Nc2cc(NCC3CCNCC3)c(C(=O)NC3CCCCC3)nn2)cn1. The number of hydrogen-bond acceptors (Lipinski definition) is 9. The molecule has 2 aromatic rings. The van der Waals surface area contributed by atoms with Gasteiger partial charge >= 0.3 is 0 Å². The van der Waals surface area contributed by atoms with Crippen molar-refractivity contribution >= 4 is 23.2 Å². The van der Waals surface area contributed by atoms with Gasteiger partial charge in [0.25, 0.3) is 5.91 Å². The maximum absolute atomic E-state index is 13.0. The maximum atomic E-state index is 13.0. The topological polar surface area (TPSA) is 141 Å². The van der Waals surface area contributed by atoms with Gasteiger partial charge in [-0.05, 0) is 44.7 Å². The highest BCUT2D eigenvalue weighted by Gasteiger charge is 2.22. The number of rotatable bonds is 7. The molecular formula is C22H29N9O. The Balaban J connectivity index is 1.50. The first-order valence-corrected chi connectivity index (χ1v) is 11.3. The van der Waals surface area contributed by atoms with Gasteiger partial charge in [0.1, 0.15) is 11.9 Å². The molecule has 3 heterocycles. The van der Waals surface area contributed by atoms with Crippen molar-refractivity contribution in [3.05, 3.63) is 29.8 Å². The van der Waals surface area contributed by atoms with Crippen molar-refractivity contribution < 1.29 is 4.79 Å². The molecule has 2 fully saturated rings. The van der Waals surface area contributed by atoms with E-state index >= 15 is 0 Å². The fourth-order valence-electron chi connectivity index (χ4n) is 4.18. The minimum atomic E-state index is -0.193. The third-order valence-electron chi connectivity index (χ3n) is 6.01. The Morgan fingerprint density at radius 1 is 1.06 bits per heavy atom. The molecule has 10 nitrogen and oxygen atoms in total. The predicted octanol–water partition coefficient (Wildman–Crippen LogP) is 2.36. The number of piperidine rings is 1. The van der Waals surface area contributed by atoms with Crippen LogP contribution < -0.4 is 21.3 Å². The van der Waals surface area contributed by atoms with Gasteiger partial charge in [0.15, 0.2) is 17.2 Å². The number of nitrogens with one attached hydrogen (secondary N) is 4. The summed E-state index contributed by atoms with van der Waals surface area (Å²) in [5.74, 6) is 1.24. The number of carbonyl (C=O) groups excluding carboxylic acids is 1. The Hall–Kier alpha value is -3.32. The van der Waals surface area contributed by atoms with E-state index in [1.165, 1.54) is 18.8 Å². The van der Waals surface area contributed by atoms with Gasteiger partial charge in [0.05, 0.1) is 18.1 Å². The molecule has 32 heavy (non-hydrogen) atoms. The van der Waals surface area contributed by atoms with Gasteiger partial charge in [0, 0.05) is 18.7 Å². The monoisotopic (exact) mass is 435 g/mol. The van der Waals surface area contributed by atoms with E-state index in [1.54, 1.807) is 6.07 Å². The van der Waals surface area contributed by atoms with Gasteiger partial charge in [-0.3, -0.25) is 4.79 Å². The zero-order chi connectivity index (χ0) is 22.2. The lowest BCUT2D eigenvalue weighted by Gasteiger charge is -2.25. The van der Waals surface area contributed by atoms with Crippen LogP contribution in [0.4, 0.5) is 17.3 Å². The molecule has 2 aliphatic rings.